The quantitative estimate of drug-likeness (QED) is 0.148. The van der Waals surface area contributed by atoms with E-state index in [2.05, 4.69) is 40.5 Å². The molecule has 3 unspecified atom stereocenters. The molecule has 164 valence electrons. The summed E-state index contributed by atoms with van der Waals surface area (Å²) in [7, 11) is -15.8. The van der Waals surface area contributed by atoms with Crippen LogP contribution in [0.2, 0.25) is 0 Å². The van der Waals surface area contributed by atoms with Crippen LogP contribution < -0.4 is 0 Å². The van der Waals surface area contributed by atoms with Crippen LogP contribution in [-0.4, -0.2) is 60.0 Å². The highest BCUT2D eigenvalue weighted by atomic mass is 79.9. The molecule has 0 amide bonds. The van der Waals surface area contributed by atoms with Crippen LogP contribution in [0.15, 0.2) is 0 Å². The standard InChI is InChI=1S/C10H23Br2O12P3/c1-9(13,7-11)3-5-21-27(20,22-6-4-10(2,14)8-12)24-26(18,19)23-25(15,16)17/h13-14H,3-8H2,1-2H3,(H,18,19)(H2,15,16,17). The predicted octanol–water partition coefficient (Wildman–Crippen LogP) is 2.43. The van der Waals surface area contributed by atoms with Crippen LogP contribution in [0.3, 0.4) is 0 Å². The Morgan fingerprint density at radius 2 is 1.19 bits per heavy atom. The number of hydrogen-bond donors (Lipinski definition) is 5. The lowest BCUT2D eigenvalue weighted by Gasteiger charge is -2.25. The highest BCUT2D eigenvalue weighted by Crippen LogP contribution is 2.68. The van der Waals surface area contributed by atoms with Gasteiger partial charge in [0.2, 0.25) is 0 Å². The van der Waals surface area contributed by atoms with Crippen LogP contribution in [0.4, 0.5) is 0 Å². The lowest BCUT2D eigenvalue weighted by atomic mass is 10.1. The molecular weight excluding hydrogens is 565 g/mol. The summed E-state index contributed by atoms with van der Waals surface area (Å²) < 4.78 is 52.4. The maximum Gasteiger partial charge on any atom is 0.490 e. The van der Waals surface area contributed by atoms with Gasteiger partial charge >= 0.3 is 23.5 Å². The van der Waals surface area contributed by atoms with Crippen molar-refractivity contribution in [3.63, 3.8) is 0 Å². The van der Waals surface area contributed by atoms with Gasteiger partial charge in [0.25, 0.3) is 0 Å². The Morgan fingerprint density at radius 3 is 1.48 bits per heavy atom. The highest BCUT2D eigenvalue weighted by Gasteiger charge is 2.43. The fourth-order valence-electron chi connectivity index (χ4n) is 1.25. The van der Waals surface area contributed by atoms with Crippen molar-refractivity contribution in [1.82, 2.24) is 0 Å². The van der Waals surface area contributed by atoms with Crippen LogP contribution >= 0.6 is 55.3 Å². The molecule has 0 rings (SSSR count). The number of aliphatic hydroxyl groups is 2. The molecule has 0 aromatic rings. The largest absolute Gasteiger partial charge is 0.490 e. The topological polar surface area (TPSA) is 189 Å². The zero-order valence-electron chi connectivity index (χ0n) is 14.4. The predicted molar refractivity (Wildman–Crippen MR) is 102 cm³/mol. The molecule has 0 fully saturated rings. The van der Waals surface area contributed by atoms with Gasteiger partial charge in [-0.3, -0.25) is 9.05 Å². The smallest absolute Gasteiger partial charge is 0.389 e. The summed E-state index contributed by atoms with van der Waals surface area (Å²) in [5.41, 5.74) is -2.54. The summed E-state index contributed by atoms with van der Waals surface area (Å²) in [5.74, 6) is 0. The van der Waals surface area contributed by atoms with Crippen LogP contribution in [-0.2, 0) is 31.4 Å². The first kappa shape index (κ1) is 28.3. The fourth-order valence-corrected chi connectivity index (χ4v) is 5.36. The zero-order chi connectivity index (χ0) is 21.6. The van der Waals surface area contributed by atoms with Crippen molar-refractivity contribution < 1.29 is 56.3 Å². The van der Waals surface area contributed by atoms with Crippen LogP contribution in [0.25, 0.3) is 0 Å². The number of alkyl halides is 2. The first-order valence-corrected chi connectivity index (χ1v) is 13.9. The number of phosphoric acid groups is 3. The summed E-state index contributed by atoms with van der Waals surface area (Å²) in [6.45, 7) is 1.94. The van der Waals surface area contributed by atoms with Crippen molar-refractivity contribution in [2.45, 2.75) is 37.9 Å². The van der Waals surface area contributed by atoms with Crippen LogP contribution in [0.1, 0.15) is 26.7 Å². The fraction of sp³-hybridized carbons (Fsp3) is 1.00. The van der Waals surface area contributed by atoms with Crippen molar-refractivity contribution in [1.29, 1.82) is 0 Å². The van der Waals surface area contributed by atoms with Gasteiger partial charge in [-0.25, -0.2) is 13.7 Å². The van der Waals surface area contributed by atoms with E-state index in [-0.39, 0.29) is 23.5 Å². The molecule has 0 aromatic heterocycles. The lowest BCUT2D eigenvalue weighted by molar-refractivity contribution is 0.0407. The number of hydrogen-bond acceptors (Lipinski definition) is 9. The molecular formula is C10H23Br2O12P3. The molecule has 0 saturated heterocycles. The summed E-state index contributed by atoms with van der Waals surface area (Å²) >= 11 is 6.09. The first-order chi connectivity index (χ1) is 11.9. The Morgan fingerprint density at radius 1 is 0.815 bits per heavy atom. The molecule has 0 aliphatic rings. The number of rotatable bonds is 14. The number of halogens is 2. The van der Waals surface area contributed by atoms with E-state index in [0.29, 0.717) is 0 Å². The SMILES string of the molecule is CC(O)(CBr)CCOP(=O)(OCCC(C)(O)CBr)OP(=O)(O)OP(=O)(O)O. The first-order valence-electron chi connectivity index (χ1n) is 7.22. The second kappa shape index (κ2) is 11.1. The lowest BCUT2D eigenvalue weighted by Crippen LogP contribution is -2.28. The summed E-state index contributed by atoms with van der Waals surface area (Å²) in [5, 5.41) is 20.0. The summed E-state index contributed by atoms with van der Waals surface area (Å²) in [4.78, 5) is 26.6. The Labute approximate surface area is 173 Å². The van der Waals surface area contributed by atoms with Gasteiger partial charge in [0.15, 0.2) is 0 Å². The maximum absolute atomic E-state index is 12.5. The van der Waals surface area contributed by atoms with E-state index in [1.807, 2.05) is 0 Å². The molecule has 0 bridgehead atoms. The van der Waals surface area contributed by atoms with Crippen LogP contribution in [0, 0.1) is 0 Å². The van der Waals surface area contributed by atoms with Gasteiger partial charge in [-0.2, -0.15) is 8.62 Å². The summed E-state index contributed by atoms with van der Waals surface area (Å²) in [6, 6.07) is 0. The molecule has 17 heteroatoms. The maximum atomic E-state index is 12.5. The van der Waals surface area contributed by atoms with Crippen molar-refractivity contribution in [2.24, 2.45) is 0 Å². The Balaban J connectivity index is 5.15. The van der Waals surface area contributed by atoms with Gasteiger partial charge in [-0.1, -0.05) is 31.9 Å². The van der Waals surface area contributed by atoms with Gasteiger partial charge in [-0.15, -0.1) is 0 Å². The van der Waals surface area contributed by atoms with Crippen molar-refractivity contribution in [2.75, 3.05) is 23.9 Å². The molecule has 0 saturated carbocycles. The van der Waals surface area contributed by atoms with Gasteiger partial charge in [0, 0.05) is 23.5 Å². The molecule has 5 N–H and O–H groups in total. The Bertz CT molecular complexity index is 580. The van der Waals surface area contributed by atoms with Gasteiger partial charge in [0.1, 0.15) is 0 Å². The molecule has 0 radical (unpaired) electrons. The Hall–Kier alpha value is 1.29. The van der Waals surface area contributed by atoms with Gasteiger partial charge in [-0.05, 0) is 13.8 Å². The molecule has 0 aliphatic heterocycles. The number of phosphoric ester groups is 1. The van der Waals surface area contributed by atoms with Gasteiger partial charge in [0.05, 0.1) is 24.4 Å². The zero-order valence-corrected chi connectivity index (χ0v) is 20.3. The third-order valence-electron chi connectivity index (χ3n) is 2.77. The molecule has 27 heavy (non-hydrogen) atoms. The average Bonchev–Trinajstić information content (AvgIpc) is 2.43. The third kappa shape index (κ3) is 14.0. The van der Waals surface area contributed by atoms with Crippen molar-refractivity contribution in [3.05, 3.63) is 0 Å². The molecule has 0 spiro atoms. The highest BCUT2D eigenvalue weighted by molar-refractivity contribution is 9.09. The van der Waals surface area contributed by atoms with E-state index in [4.69, 9.17) is 18.8 Å². The summed E-state index contributed by atoms with van der Waals surface area (Å²) in [6.07, 6.45) is -0.188. The minimum Gasteiger partial charge on any atom is -0.389 e. The second-order valence-corrected chi connectivity index (χ2v) is 11.8. The van der Waals surface area contributed by atoms with E-state index < -0.39 is 47.9 Å². The monoisotopic (exact) mass is 586 g/mol. The van der Waals surface area contributed by atoms with E-state index in [0.717, 1.165) is 0 Å². The minimum absolute atomic E-state index is 0.0941. The Kier molecular flexibility index (Phi) is 11.6. The van der Waals surface area contributed by atoms with Crippen LogP contribution in [0.5, 0.6) is 0 Å². The van der Waals surface area contributed by atoms with E-state index >= 15 is 0 Å². The van der Waals surface area contributed by atoms with Crippen molar-refractivity contribution >= 4 is 55.3 Å². The molecule has 12 nitrogen and oxygen atoms in total. The van der Waals surface area contributed by atoms with Crippen molar-refractivity contribution in [3.8, 4) is 0 Å². The minimum atomic E-state index is -5.53. The van der Waals surface area contributed by atoms with E-state index in [1.54, 1.807) is 0 Å². The van der Waals surface area contributed by atoms with Gasteiger partial charge < -0.3 is 24.9 Å². The third-order valence-corrected chi connectivity index (χ3v) is 9.48. The molecule has 0 aromatic carbocycles. The molecule has 0 aliphatic carbocycles. The molecule has 0 heterocycles. The molecule has 3 atom stereocenters. The van der Waals surface area contributed by atoms with E-state index in [9.17, 15) is 28.8 Å². The van der Waals surface area contributed by atoms with E-state index in [1.165, 1.54) is 13.8 Å². The normalized spacial score (nSPS) is 21.7. The second-order valence-electron chi connectivity index (χ2n) is 6.00. The average molecular weight is 588 g/mol.